The van der Waals surface area contributed by atoms with Crippen molar-refractivity contribution < 1.29 is 14.7 Å². The maximum atomic E-state index is 13.1. The van der Waals surface area contributed by atoms with Gasteiger partial charge in [0, 0.05) is 18.4 Å². The number of nitrogens with zero attached hydrogens (tertiary/aromatic N) is 3. The highest BCUT2D eigenvalue weighted by Crippen LogP contribution is 2.43. The number of benzene rings is 2. The molecular weight excluding hydrogens is 414 g/mol. The molecule has 2 amide bonds. The van der Waals surface area contributed by atoms with Gasteiger partial charge >= 0.3 is 0 Å². The van der Waals surface area contributed by atoms with Crippen LogP contribution in [0.2, 0.25) is 0 Å². The van der Waals surface area contributed by atoms with E-state index in [-0.39, 0.29) is 48.9 Å². The highest BCUT2D eigenvalue weighted by Gasteiger charge is 2.54. The van der Waals surface area contributed by atoms with E-state index < -0.39 is 0 Å². The van der Waals surface area contributed by atoms with Gasteiger partial charge in [-0.15, -0.1) is 0 Å². The zero-order chi connectivity index (χ0) is 22.9. The van der Waals surface area contributed by atoms with E-state index in [1.807, 2.05) is 24.3 Å². The Morgan fingerprint density at radius 1 is 1.00 bits per heavy atom. The average Bonchev–Trinajstić information content (AvgIpc) is 2.86. The van der Waals surface area contributed by atoms with Gasteiger partial charge in [-0.1, -0.05) is 55.7 Å². The molecule has 0 aromatic heterocycles. The van der Waals surface area contributed by atoms with Gasteiger partial charge in [-0.3, -0.25) is 9.59 Å². The minimum atomic E-state index is -0.241. The lowest BCUT2D eigenvalue weighted by molar-refractivity contribution is -0.168. The molecule has 6 nitrogen and oxygen atoms in total. The molecule has 170 valence electrons. The first kappa shape index (κ1) is 21.7. The van der Waals surface area contributed by atoms with Crippen molar-refractivity contribution in [3.8, 4) is 17.2 Å². The summed E-state index contributed by atoms with van der Waals surface area (Å²) in [6.07, 6.45) is 5.23. The summed E-state index contributed by atoms with van der Waals surface area (Å²) in [5.41, 5.74) is 3.79. The van der Waals surface area contributed by atoms with E-state index in [2.05, 4.69) is 18.2 Å². The molecule has 0 radical (unpaired) electrons. The smallest absolute Gasteiger partial charge is 0.242 e. The molecule has 0 spiro atoms. The molecule has 1 aliphatic carbocycles. The van der Waals surface area contributed by atoms with Crippen LogP contribution in [0, 0.1) is 17.2 Å². The molecule has 2 saturated heterocycles. The van der Waals surface area contributed by atoms with Gasteiger partial charge in [0.2, 0.25) is 11.8 Å². The van der Waals surface area contributed by atoms with Gasteiger partial charge in [-0.25, -0.2) is 0 Å². The van der Waals surface area contributed by atoms with Crippen molar-refractivity contribution in [3.63, 3.8) is 0 Å². The first-order valence-corrected chi connectivity index (χ1v) is 11.9. The molecule has 3 atom stereocenters. The van der Waals surface area contributed by atoms with E-state index in [0.717, 1.165) is 42.4 Å². The molecule has 33 heavy (non-hydrogen) atoms. The number of carbonyl (C=O) groups excluding carboxylic acids is 2. The SMILES string of the molecule is N#Cc1ccc(-c2ccc([C@H]3[C@H]4CN(C(=O)C5CCCCC5)CC(=O)N4[C@H]3CO)cc2)cc1. The number of aliphatic hydroxyl groups is 1. The van der Waals surface area contributed by atoms with Crippen molar-refractivity contribution in [1.82, 2.24) is 9.80 Å². The quantitative estimate of drug-likeness (QED) is 0.786. The molecule has 3 aliphatic rings. The Bertz CT molecular complexity index is 1070. The molecular formula is C27H29N3O3. The largest absolute Gasteiger partial charge is 0.394 e. The third-order valence-electron chi connectivity index (χ3n) is 7.66. The summed E-state index contributed by atoms with van der Waals surface area (Å²) in [7, 11) is 0. The molecule has 2 heterocycles. The van der Waals surface area contributed by atoms with Gasteiger partial charge in [0.15, 0.2) is 0 Å². The van der Waals surface area contributed by atoms with Crippen molar-refractivity contribution in [1.29, 1.82) is 5.26 Å². The summed E-state index contributed by atoms with van der Waals surface area (Å²) in [4.78, 5) is 29.6. The lowest BCUT2D eigenvalue weighted by Crippen LogP contribution is -2.73. The van der Waals surface area contributed by atoms with Crippen LogP contribution >= 0.6 is 0 Å². The number of hydrogen-bond acceptors (Lipinski definition) is 4. The topological polar surface area (TPSA) is 84.6 Å². The van der Waals surface area contributed by atoms with Gasteiger partial charge in [0.25, 0.3) is 0 Å². The molecule has 0 bridgehead atoms. The van der Waals surface area contributed by atoms with Crippen molar-refractivity contribution >= 4 is 11.8 Å². The van der Waals surface area contributed by atoms with E-state index in [1.165, 1.54) is 6.42 Å². The zero-order valence-electron chi connectivity index (χ0n) is 18.7. The van der Waals surface area contributed by atoms with Crippen molar-refractivity contribution in [3.05, 3.63) is 59.7 Å². The van der Waals surface area contributed by atoms with E-state index in [4.69, 9.17) is 5.26 Å². The second-order valence-electron chi connectivity index (χ2n) is 9.51. The van der Waals surface area contributed by atoms with Gasteiger partial charge < -0.3 is 14.9 Å². The van der Waals surface area contributed by atoms with Crippen LogP contribution < -0.4 is 0 Å². The van der Waals surface area contributed by atoms with Gasteiger partial charge in [0.1, 0.15) is 0 Å². The number of rotatable bonds is 4. The maximum absolute atomic E-state index is 13.1. The Labute approximate surface area is 194 Å². The monoisotopic (exact) mass is 443 g/mol. The summed E-state index contributed by atoms with van der Waals surface area (Å²) >= 11 is 0. The number of amides is 2. The molecule has 3 fully saturated rings. The minimum Gasteiger partial charge on any atom is -0.394 e. The molecule has 0 unspecified atom stereocenters. The number of hydrogen-bond donors (Lipinski definition) is 1. The molecule has 2 aliphatic heterocycles. The average molecular weight is 444 g/mol. The summed E-state index contributed by atoms with van der Waals surface area (Å²) in [6.45, 7) is 0.590. The molecule has 2 aromatic rings. The number of fused-ring (bicyclic) bond motifs is 1. The molecule has 5 rings (SSSR count). The second kappa shape index (κ2) is 8.99. The molecule has 6 heteroatoms. The van der Waals surface area contributed by atoms with Gasteiger partial charge in [-0.05, 0) is 41.7 Å². The van der Waals surface area contributed by atoms with Crippen LogP contribution in [-0.4, -0.2) is 58.5 Å². The highest BCUT2D eigenvalue weighted by atomic mass is 16.3. The van der Waals surface area contributed by atoms with Crippen LogP contribution in [0.25, 0.3) is 11.1 Å². The Balaban J connectivity index is 1.34. The Morgan fingerprint density at radius 3 is 2.24 bits per heavy atom. The van der Waals surface area contributed by atoms with Crippen molar-refractivity contribution in [2.24, 2.45) is 5.92 Å². The Morgan fingerprint density at radius 2 is 1.64 bits per heavy atom. The second-order valence-corrected chi connectivity index (χ2v) is 9.51. The van der Waals surface area contributed by atoms with Gasteiger partial charge in [0.05, 0.1) is 36.9 Å². The fourth-order valence-corrected chi connectivity index (χ4v) is 5.91. The highest BCUT2D eigenvalue weighted by molar-refractivity contribution is 5.88. The normalized spacial score (nSPS) is 25.2. The maximum Gasteiger partial charge on any atom is 0.242 e. The molecule has 2 aromatic carbocycles. The lowest BCUT2D eigenvalue weighted by atomic mass is 9.73. The van der Waals surface area contributed by atoms with E-state index in [0.29, 0.717) is 12.1 Å². The molecule has 1 saturated carbocycles. The minimum absolute atomic E-state index is 0.0101. The number of aliphatic hydroxyl groups excluding tert-OH is 1. The Hall–Kier alpha value is -3.17. The summed E-state index contributed by atoms with van der Waals surface area (Å²) in [6, 6.07) is 17.5. The van der Waals surface area contributed by atoms with Crippen LogP contribution in [0.5, 0.6) is 0 Å². The number of nitriles is 1. The number of piperazine rings is 1. The van der Waals surface area contributed by atoms with Crippen molar-refractivity contribution in [2.75, 3.05) is 19.7 Å². The van der Waals surface area contributed by atoms with Crippen molar-refractivity contribution in [2.45, 2.75) is 50.1 Å². The molecule has 1 N–H and O–H groups in total. The summed E-state index contributed by atoms with van der Waals surface area (Å²) in [5.74, 6) is 0.137. The van der Waals surface area contributed by atoms with Gasteiger partial charge in [-0.2, -0.15) is 5.26 Å². The first-order chi connectivity index (χ1) is 16.1. The third-order valence-corrected chi connectivity index (χ3v) is 7.66. The number of carbonyl (C=O) groups is 2. The lowest BCUT2D eigenvalue weighted by Gasteiger charge is -2.59. The summed E-state index contributed by atoms with van der Waals surface area (Å²) in [5, 5.41) is 19.0. The van der Waals surface area contributed by atoms with Crippen LogP contribution in [0.4, 0.5) is 0 Å². The van der Waals surface area contributed by atoms with E-state index >= 15 is 0 Å². The van der Waals surface area contributed by atoms with E-state index in [9.17, 15) is 14.7 Å². The van der Waals surface area contributed by atoms with E-state index in [1.54, 1.807) is 21.9 Å². The predicted molar refractivity (Wildman–Crippen MR) is 124 cm³/mol. The first-order valence-electron chi connectivity index (χ1n) is 11.9. The third kappa shape index (κ3) is 3.91. The van der Waals surface area contributed by atoms with Crippen LogP contribution in [0.15, 0.2) is 48.5 Å². The predicted octanol–water partition coefficient (Wildman–Crippen LogP) is 3.30. The zero-order valence-corrected chi connectivity index (χ0v) is 18.7. The fraction of sp³-hybridized carbons (Fsp3) is 0.444. The Kier molecular flexibility index (Phi) is 5.90. The van der Waals surface area contributed by atoms with Crippen LogP contribution in [0.1, 0.15) is 49.1 Å². The summed E-state index contributed by atoms with van der Waals surface area (Å²) < 4.78 is 0. The van der Waals surface area contributed by atoms with Crippen LogP contribution in [-0.2, 0) is 9.59 Å². The standard InChI is InChI=1S/C27H29N3O3/c28-14-18-6-8-19(9-7-18)20-10-12-21(13-11-20)26-23-15-29(16-25(32)30(23)24(26)17-31)27(33)22-4-2-1-3-5-22/h6-13,22-24,26,31H,1-5,15-17H2/t23-,24+,26+/m1/s1. The van der Waals surface area contributed by atoms with Crippen LogP contribution in [0.3, 0.4) is 0 Å². The fourth-order valence-electron chi connectivity index (χ4n) is 5.91.